The van der Waals surface area contributed by atoms with E-state index in [1.165, 1.54) is 0 Å². The Labute approximate surface area is 134 Å². The lowest BCUT2D eigenvalue weighted by molar-refractivity contribution is 0.282. The summed E-state index contributed by atoms with van der Waals surface area (Å²) in [4.78, 5) is 0. The van der Waals surface area contributed by atoms with E-state index in [4.69, 9.17) is 14.2 Å². The van der Waals surface area contributed by atoms with E-state index >= 15 is 0 Å². The summed E-state index contributed by atoms with van der Waals surface area (Å²) in [5.41, 5.74) is 0. The van der Waals surface area contributed by atoms with Crippen LogP contribution in [0.3, 0.4) is 0 Å². The average Bonchev–Trinajstić information content (AvgIpc) is 2.54. The van der Waals surface area contributed by atoms with Gasteiger partial charge in [-0.25, -0.2) is 0 Å². The predicted octanol–water partition coefficient (Wildman–Crippen LogP) is 2.45. The molecule has 126 valence electrons. The van der Waals surface area contributed by atoms with Crippen molar-refractivity contribution in [3.05, 3.63) is 18.2 Å². The molecule has 0 spiro atoms. The number of nitrogens with one attached hydrogen (secondary N) is 2. The van der Waals surface area contributed by atoms with E-state index in [0.29, 0.717) is 19.8 Å². The molecule has 0 fully saturated rings. The lowest BCUT2D eigenvalue weighted by Crippen LogP contribution is -2.12. The van der Waals surface area contributed by atoms with Crippen LogP contribution >= 0.6 is 0 Å². The number of hydrogen-bond acceptors (Lipinski definition) is 5. The van der Waals surface area contributed by atoms with E-state index in [2.05, 4.69) is 17.6 Å². The molecule has 0 atom stereocenters. The van der Waals surface area contributed by atoms with Crippen molar-refractivity contribution in [1.82, 2.24) is 10.6 Å². The lowest BCUT2D eigenvalue weighted by Gasteiger charge is -2.13. The Morgan fingerprint density at radius 1 is 0.727 bits per heavy atom. The van der Waals surface area contributed by atoms with Gasteiger partial charge in [0.1, 0.15) is 17.2 Å². The molecule has 22 heavy (non-hydrogen) atoms. The predicted molar refractivity (Wildman–Crippen MR) is 90.3 cm³/mol. The van der Waals surface area contributed by atoms with Crippen LogP contribution in [-0.2, 0) is 0 Å². The van der Waals surface area contributed by atoms with E-state index in [9.17, 15) is 0 Å². The molecule has 0 amide bonds. The van der Waals surface area contributed by atoms with Crippen molar-refractivity contribution in [3.8, 4) is 17.2 Å². The van der Waals surface area contributed by atoms with E-state index in [1.54, 1.807) is 0 Å². The van der Waals surface area contributed by atoms with Gasteiger partial charge in [-0.05, 0) is 46.4 Å². The topological polar surface area (TPSA) is 51.8 Å². The second-order valence-electron chi connectivity index (χ2n) is 5.10. The third-order valence-corrected chi connectivity index (χ3v) is 3.01. The Hall–Kier alpha value is -1.46. The molecule has 0 radical (unpaired) electrons. The maximum absolute atomic E-state index is 5.78. The molecule has 1 rings (SSSR count). The highest BCUT2D eigenvalue weighted by molar-refractivity contribution is 5.42. The SMILES string of the molecule is CCCOc1cc(OCCCNC)cc(OCCCNC)c1. The number of hydrogen-bond donors (Lipinski definition) is 2. The van der Waals surface area contributed by atoms with Gasteiger partial charge >= 0.3 is 0 Å². The number of rotatable bonds is 13. The summed E-state index contributed by atoms with van der Waals surface area (Å²) in [7, 11) is 3.88. The summed E-state index contributed by atoms with van der Waals surface area (Å²) in [6.07, 6.45) is 2.91. The molecule has 0 saturated heterocycles. The lowest BCUT2D eigenvalue weighted by atomic mass is 10.3. The monoisotopic (exact) mass is 310 g/mol. The zero-order valence-corrected chi connectivity index (χ0v) is 14.1. The fourth-order valence-corrected chi connectivity index (χ4v) is 1.89. The fraction of sp³-hybridized carbons (Fsp3) is 0.647. The van der Waals surface area contributed by atoms with Crippen LogP contribution in [0, 0.1) is 0 Å². The minimum atomic E-state index is 0.678. The second-order valence-corrected chi connectivity index (χ2v) is 5.10. The van der Waals surface area contributed by atoms with Crippen LogP contribution < -0.4 is 24.8 Å². The molecule has 0 aromatic heterocycles. The second kappa shape index (κ2) is 12.1. The van der Waals surface area contributed by atoms with Gasteiger partial charge in [-0.15, -0.1) is 0 Å². The highest BCUT2D eigenvalue weighted by atomic mass is 16.5. The summed E-state index contributed by atoms with van der Waals surface area (Å²) in [6.45, 7) is 6.03. The summed E-state index contributed by atoms with van der Waals surface area (Å²) in [5.74, 6) is 2.40. The van der Waals surface area contributed by atoms with E-state index < -0.39 is 0 Å². The largest absolute Gasteiger partial charge is 0.493 e. The molecule has 5 nitrogen and oxygen atoms in total. The molecule has 1 aromatic carbocycles. The molecule has 5 heteroatoms. The van der Waals surface area contributed by atoms with Gasteiger partial charge in [-0.3, -0.25) is 0 Å². The van der Waals surface area contributed by atoms with Crippen molar-refractivity contribution in [2.75, 3.05) is 47.0 Å². The quantitative estimate of drug-likeness (QED) is 0.548. The molecule has 0 heterocycles. The highest BCUT2D eigenvalue weighted by Crippen LogP contribution is 2.28. The van der Waals surface area contributed by atoms with Gasteiger partial charge in [0.2, 0.25) is 0 Å². The van der Waals surface area contributed by atoms with Gasteiger partial charge in [0.25, 0.3) is 0 Å². The Morgan fingerprint density at radius 2 is 1.14 bits per heavy atom. The van der Waals surface area contributed by atoms with E-state index in [0.717, 1.165) is 49.6 Å². The molecule has 2 N–H and O–H groups in total. The highest BCUT2D eigenvalue weighted by Gasteiger charge is 2.05. The van der Waals surface area contributed by atoms with Crippen molar-refractivity contribution in [3.63, 3.8) is 0 Å². The number of ether oxygens (including phenoxy) is 3. The maximum Gasteiger partial charge on any atom is 0.126 e. The van der Waals surface area contributed by atoms with Gasteiger partial charge in [0.05, 0.1) is 19.8 Å². The van der Waals surface area contributed by atoms with Crippen LogP contribution in [0.15, 0.2) is 18.2 Å². The summed E-state index contributed by atoms with van der Waals surface area (Å²) >= 11 is 0. The minimum absolute atomic E-state index is 0.678. The van der Waals surface area contributed by atoms with Gasteiger partial charge in [-0.1, -0.05) is 6.92 Å². The molecule has 0 aliphatic carbocycles. The first-order valence-corrected chi connectivity index (χ1v) is 8.12. The Morgan fingerprint density at radius 3 is 1.50 bits per heavy atom. The molecule has 0 aliphatic rings. The van der Waals surface area contributed by atoms with Crippen LogP contribution in [0.2, 0.25) is 0 Å². The Balaban J connectivity index is 2.59. The summed E-state index contributed by atoms with van der Waals surface area (Å²) in [5, 5.41) is 6.22. The summed E-state index contributed by atoms with van der Waals surface area (Å²) in [6, 6.07) is 5.78. The van der Waals surface area contributed by atoms with Crippen LogP contribution in [0.5, 0.6) is 17.2 Å². The first-order valence-electron chi connectivity index (χ1n) is 8.12. The maximum atomic E-state index is 5.78. The minimum Gasteiger partial charge on any atom is -0.493 e. The van der Waals surface area contributed by atoms with E-state index in [-0.39, 0.29) is 0 Å². The van der Waals surface area contributed by atoms with E-state index in [1.807, 2.05) is 32.3 Å². The Bertz CT molecular complexity index is 369. The van der Waals surface area contributed by atoms with Crippen molar-refractivity contribution in [1.29, 1.82) is 0 Å². The molecule has 0 saturated carbocycles. The molecular formula is C17H30N2O3. The molecule has 1 aromatic rings. The van der Waals surface area contributed by atoms with Crippen LogP contribution in [0.4, 0.5) is 0 Å². The van der Waals surface area contributed by atoms with Crippen LogP contribution in [0.1, 0.15) is 26.2 Å². The first-order chi connectivity index (χ1) is 10.8. The fourth-order valence-electron chi connectivity index (χ4n) is 1.89. The Kier molecular flexibility index (Phi) is 10.2. The number of benzene rings is 1. The molecular weight excluding hydrogens is 280 g/mol. The third kappa shape index (κ3) is 8.10. The zero-order chi connectivity index (χ0) is 16.0. The average molecular weight is 310 g/mol. The third-order valence-electron chi connectivity index (χ3n) is 3.01. The standard InChI is InChI=1S/C17H30N2O3/c1-4-9-20-15-12-16(21-10-5-7-18-2)14-17(13-15)22-11-6-8-19-3/h12-14,18-19H,4-11H2,1-3H3. The first kappa shape index (κ1) is 18.6. The van der Waals surface area contributed by atoms with Crippen molar-refractivity contribution in [2.24, 2.45) is 0 Å². The van der Waals surface area contributed by atoms with Crippen LogP contribution in [0.25, 0.3) is 0 Å². The molecule has 0 unspecified atom stereocenters. The van der Waals surface area contributed by atoms with Gasteiger partial charge in [0.15, 0.2) is 0 Å². The smallest absolute Gasteiger partial charge is 0.126 e. The van der Waals surface area contributed by atoms with Crippen LogP contribution in [-0.4, -0.2) is 47.0 Å². The molecule has 0 bridgehead atoms. The van der Waals surface area contributed by atoms with Crippen molar-refractivity contribution in [2.45, 2.75) is 26.2 Å². The van der Waals surface area contributed by atoms with Gasteiger partial charge < -0.3 is 24.8 Å². The normalized spacial score (nSPS) is 10.5. The van der Waals surface area contributed by atoms with Crippen molar-refractivity contribution >= 4 is 0 Å². The van der Waals surface area contributed by atoms with Crippen molar-refractivity contribution < 1.29 is 14.2 Å². The summed E-state index contributed by atoms with van der Waals surface area (Å²) < 4.78 is 17.3. The van der Waals surface area contributed by atoms with Gasteiger partial charge in [-0.2, -0.15) is 0 Å². The zero-order valence-electron chi connectivity index (χ0n) is 14.1. The molecule has 0 aliphatic heterocycles. The van der Waals surface area contributed by atoms with Gasteiger partial charge in [0, 0.05) is 18.2 Å².